The van der Waals surface area contributed by atoms with Crippen LogP contribution in [0.25, 0.3) is 0 Å². The van der Waals surface area contributed by atoms with Gasteiger partial charge in [0, 0.05) is 13.7 Å². The Labute approximate surface area is 95.4 Å². The molecule has 0 aliphatic carbocycles. The van der Waals surface area contributed by atoms with E-state index in [4.69, 9.17) is 9.84 Å². The molecule has 5 nitrogen and oxygen atoms in total. The minimum atomic E-state index is -0.905. The maximum Gasteiger partial charge on any atom is 0.326 e. The second-order valence-corrected chi connectivity index (χ2v) is 4.19. The summed E-state index contributed by atoms with van der Waals surface area (Å²) < 4.78 is 5.01. The zero-order valence-electron chi connectivity index (χ0n) is 9.81. The minimum Gasteiger partial charge on any atom is -0.480 e. The van der Waals surface area contributed by atoms with E-state index in [2.05, 4.69) is 0 Å². The molecule has 0 spiro atoms. The fourth-order valence-corrected chi connectivity index (χ4v) is 1.93. The molecular formula is C11H19NO4. The Bertz CT molecular complexity index is 267. The number of methoxy groups -OCH3 is 1. The average molecular weight is 229 g/mol. The molecule has 1 aliphatic rings. The first-order valence-electron chi connectivity index (χ1n) is 5.61. The zero-order valence-corrected chi connectivity index (χ0v) is 9.81. The van der Waals surface area contributed by atoms with Crippen molar-refractivity contribution in [1.82, 2.24) is 4.90 Å². The smallest absolute Gasteiger partial charge is 0.326 e. The number of piperidine rings is 1. The first kappa shape index (κ1) is 13.0. The summed E-state index contributed by atoms with van der Waals surface area (Å²) in [7, 11) is 1.54. The van der Waals surface area contributed by atoms with Crippen LogP contribution in [-0.2, 0) is 14.3 Å². The Hall–Kier alpha value is -1.10. The molecule has 0 aromatic rings. The number of rotatable bonds is 4. The number of aliphatic carboxylic acids is 1. The van der Waals surface area contributed by atoms with Gasteiger partial charge >= 0.3 is 5.97 Å². The highest BCUT2D eigenvalue weighted by atomic mass is 16.5. The van der Waals surface area contributed by atoms with Gasteiger partial charge in [0.15, 0.2) is 0 Å². The van der Waals surface area contributed by atoms with Crippen LogP contribution in [0.5, 0.6) is 0 Å². The Morgan fingerprint density at radius 2 is 2.19 bits per heavy atom. The van der Waals surface area contributed by atoms with Crippen LogP contribution < -0.4 is 0 Å². The number of carbonyl (C=O) groups excluding carboxylic acids is 1. The van der Waals surface area contributed by atoms with Gasteiger partial charge in [0.25, 0.3) is 0 Å². The number of carboxylic acids is 1. The van der Waals surface area contributed by atoms with Gasteiger partial charge in [-0.25, -0.2) is 4.79 Å². The zero-order chi connectivity index (χ0) is 12.1. The van der Waals surface area contributed by atoms with Gasteiger partial charge in [-0.15, -0.1) is 0 Å². The van der Waals surface area contributed by atoms with Crippen molar-refractivity contribution >= 4 is 11.9 Å². The summed E-state index contributed by atoms with van der Waals surface area (Å²) >= 11 is 0. The van der Waals surface area contributed by atoms with Crippen LogP contribution in [0.4, 0.5) is 0 Å². The maximum absolute atomic E-state index is 11.9. The fraction of sp³-hybridized carbons (Fsp3) is 0.818. The van der Waals surface area contributed by atoms with Crippen molar-refractivity contribution in [3.05, 3.63) is 0 Å². The summed E-state index contributed by atoms with van der Waals surface area (Å²) in [6.45, 7) is 2.35. The number of likely N-dealkylation sites (tertiary alicyclic amines) is 1. The van der Waals surface area contributed by atoms with E-state index in [1.807, 2.05) is 0 Å². The number of hydrogen-bond acceptors (Lipinski definition) is 3. The number of amides is 1. The number of nitrogens with zero attached hydrogens (tertiary/aromatic N) is 1. The lowest BCUT2D eigenvalue weighted by molar-refractivity contribution is -0.153. The van der Waals surface area contributed by atoms with Crippen LogP contribution in [0.2, 0.25) is 0 Å². The molecule has 92 valence electrons. The molecule has 1 saturated heterocycles. The third-order valence-corrected chi connectivity index (χ3v) is 2.97. The van der Waals surface area contributed by atoms with Crippen molar-refractivity contribution in [2.45, 2.75) is 44.8 Å². The minimum absolute atomic E-state index is 0.124. The molecule has 2 unspecified atom stereocenters. The van der Waals surface area contributed by atoms with Gasteiger partial charge in [0.1, 0.15) is 6.04 Å². The molecular weight excluding hydrogens is 210 g/mol. The number of ether oxygens (including phenoxy) is 1. The van der Waals surface area contributed by atoms with Crippen LogP contribution in [0.1, 0.15) is 32.6 Å². The van der Waals surface area contributed by atoms with Gasteiger partial charge in [-0.1, -0.05) is 0 Å². The summed E-state index contributed by atoms with van der Waals surface area (Å²) in [6, 6.07) is -0.648. The highest BCUT2D eigenvalue weighted by molar-refractivity contribution is 5.84. The topological polar surface area (TPSA) is 66.8 Å². The molecule has 1 fully saturated rings. The van der Waals surface area contributed by atoms with E-state index in [9.17, 15) is 9.59 Å². The molecule has 5 heteroatoms. The van der Waals surface area contributed by atoms with E-state index in [0.29, 0.717) is 13.0 Å². The summed E-state index contributed by atoms with van der Waals surface area (Å²) in [4.78, 5) is 24.3. The third-order valence-electron chi connectivity index (χ3n) is 2.97. The second kappa shape index (κ2) is 5.84. The monoisotopic (exact) mass is 229 g/mol. The predicted molar refractivity (Wildman–Crippen MR) is 58.1 cm³/mol. The van der Waals surface area contributed by atoms with Crippen molar-refractivity contribution < 1.29 is 19.4 Å². The number of hydrogen-bond donors (Lipinski definition) is 1. The molecule has 1 N–H and O–H groups in total. The lowest BCUT2D eigenvalue weighted by Crippen LogP contribution is -2.48. The average Bonchev–Trinajstić information content (AvgIpc) is 2.28. The van der Waals surface area contributed by atoms with Crippen molar-refractivity contribution in [2.75, 3.05) is 13.7 Å². The van der Waals surface area contributed by atoms with Crippen LogP contribution in [-0.4, -0.2) is 47.7 Å². The molecule has 1 amide bonds. The maximum atomic E-state index is 11.9. The molecule has 0 aromatic heterocycles. The highest BCUT2D eigenvalue weighted by Crippen LogP contribution is 2.18. The highest BCUT2D eigenvalue weighted by Gasteiger charge is 2.32. The Kier molecular flexibility index (Phi) is 4.73. The lowest BCUT2D eigenvalue weighted by atomic mass is 10.0. The summed E-state index contributed by atoms with van der Waals surface area (Å²) in [6.07, 6.45) is 2.41. The standard InChI is InChI=1S/C11H19NO4/c1-8(16-2)7-10(13)12-6-4-3-5-9(12)11(14)15/h8-9H,3-7H2,1-2H3,(H,14,15). The predicted octanol–water partition coefficient (Wildman–Crippen LogP) is 0.877. The SMILES string of the molecule is COC(C)CC(=O)N1CCCCC1C(=O)O. The first-order valence-corrected chi connectivity index (χ1v) is 5.61. The van der Waals surface area contributed by atoms with Gasteiger partial charge in [0.2, 0.25) is 5.91 Å². The first-order chi connectivity index (χ1) is 7.56. The molecule has 1 aliphatic heterocycles. The molecule has 0 aromatic carbocycles. The van der Waals surface area contributed by atoms with Crippen LogP contribution in [0, 0.1) is 0 Å². The van der Waals surface area contributed by atoms with Crippen molar-refractivity contribution in [3.63, 3.8) is 0 Å². The van der Waals surface area contributed by atoms with Crippen LogP contribution >= 0.6 is 0 Å². The third kappa shape index (κ3) is 3.20. The van der Waals surface area contributed by atoms with E-state index in [1.165, 1.54) is 4.90 Å². The quantitative estimate of drug-likeness (QED) is 0.777. The normalized spacial score (nSPS) is 22.9. The Morgan fingerprint density at radius 1 is 1.50 bits per heavy atom. The van der Waals surface area contributed by atoms with Crippen molar-refractivity contribution in [1.29, 1.82) is 0 Å². The van der Waals surface area contributed by atoms with Gasteiger partial charge in [-0.05, 0) is 26.2 Å². The largest absolute Gasteiger partial charge is 0.480 e. The summed E-state index contributed by atoms with van der Waals surface area (Å²) in [5.41, 5.74) is 0. The second-order valence-electron chi connectivity index (χ2n) is 4.19. The Morgan fingerprint density at radius 3 is 2.75 bits per heavy atom. The van der Waals surface area contributed by atoms with Crippen LogP contribution in [0.15, 0.2) is 0 Å². The van der Waals surface area contributed by atoms with E-state index < -0.39 is 12.0 Å². The fourth-order valence-electron chi connectivity index (χ4n) is 1.93. The number of carboxylic acid groups (broad SMARTS) is 1. The molecule has 16 heavy (non-hydrogen) atoms. The molecule has 0 saturated carbocycles. The van der Waals surface area contributed by atoms with Crippen LogP contribution in [0.3, 0.4) is 0 Å². The van der Waals surface area contributed by atoms with Crippen molar-refractivity contribution in [2.24, 2.45) is 0 Å². The van der Waals surface area contributed by atoms with E-state index in [-0.39, 0.29) is 18.4 Å². The lowest BCUT2D eigenvalue weighted by Gasteiger charge is -2.33. The van der Waals surface area contributed by atoms with E-state index in [0.717, 1.165) is 12.8 Å². The molecule has 0 radical (unpaired) electrons. The van der Waals surface area contributed by atoms with Gasteiger partial charge in [-0.3, -0.25) is 4.79 Å². The van der Waals surface area contributed by atoms with Gasteiger partial charge < -0.3 is 14.7 Å². The number of carbonyl (C=O) groups is 2. The molecule has 1 heterocycles. The summed E-state index contributed by atoms with van der Waals surface area (Å²) in [5, 5.41) is 9.02. The molecule has 2 atom stereocenters. The van der Waals surface area contributed by atoms with Gasteiger partial charge in [0.05, 0.1) is 12.5 Å². The van der Waals surface area contributed by atoms with Gasteiger partial charge in [-0.2, -0.15) is 0 Å². The van der Waals surface area contributed by atoms with E-state index >= 15 is 0 Å². The molecule has 1 rings (SSSR count). The Balaban J connectivity index is 2.60. The van der Waals surface area contributed by atoms with E-state index in [1.54, 1.807) is 14.0 Å². The summed E-state index contributed by atoms with van der Waals surface area (Å²) in [5.74, 6) is -1.03. The van der Waals surface area contributed by atoms with Crippen molar-refractivity contribution in [3.8, 4) is 0 Å². The molecule has 0 bridgehead atoms.